The van der Waals surface area contributed by atoms with Crippen molar-refractivity contribution >= 4 is 37.5 Å². The van der Waals surface area contributed by atoms with Crippen LogP contribution in [0.5, 0.6) is 0 Å². The summed E-state index contributed by atoms with van der Waals surface area (Å²) in [5.74, 6) is -0.114. The number of benzene rings is 2. The zero-order valence-electron chi connectivity index (χ0n) is 14.8. The summed E-state index contributed by atoms with van der Waals surface area (Å²) in [5, 5.41) is 6.53. The van der Waals surface area contributed by atoms with E-state index in [9.17, 15) is 13.2 Å². The molecule has 2 aromatic carbocycles. The Bertz CT molecular complexity index is 997. The van der Waals surface area contributed by atoms with Crippen molar-refractivity contribution in [1.29, 1.82) is 0 Å². The Balaban J connectivity index is 1.55. The fourth-order valence-electron chi connectivity index (χ4n) is 3.69. The van der Waals surface area contributed by atoms with Crippen LogP contribution < -0.4 is 10.6 Å². The van der Waals surface area contributed by atoms with E-state index in [2.05, 4.69) is 26.6 Å². The summed E-state index contributed by atoms with van der Waals surface area (Å²) >= 11 is 3.32. The van der Waals surface area contributed by atoms with E-state index < -0.39 is 15.7 Å². The first-order valence-electron chi connectivity index (χ1n) is 8.77. The molecule has 27 heavy (non-hydrogen) atoms. The molecule has 0 aromatic heterocycles. The number of para-hydroxylation sites is 1. The largest absolute Gasteiger partial charge is 0.362 e. The molecule has 2 N–H and O–H groups in total. The molecule has 0 saturated carbocycles. The SMILES string of the molecule is Cc1cccc2c1NC1(CCN(S(=O)(=O)c3ccc(Br)cc3)CC1)NC2=O. The van der Waals surface area contributed by atoms with Gasteiger partial charge in [0.25, 0.3) is 5.91 Å². The van der Waals surface area contributed by atoms with Gasteiger partial charge in [-0.15, -0.1) is 0 Å². The van der Waals surface area contributed by atoms with Crippen LogP contribution in [0.25, 0.3) is 0 Å². The Morgan fingerprint density at radius 3 is 2.37 bits per heavy atom. The van der Waals surface area contributed by atoms with E-state index in [1.165, 1.54) is 4.31 Å². The van der Waals surface area contributed by atoms with Crippen LogP contribution in [-0.4, -0.2) is 37.4 Å². The Kier molecular flexibility index (Phi) is 4.52. The lowest BCUT2D eigenvalue weighted by atomic mass is 9.92. The minimum Gasteiger partial charge on any atom is -0.362 e. The van der Waals surface area contributed by atoms with Gasteiger partial charge in [0.05, 0.1) is 16.1 Å². The minimum absolute atomic E-state index is 0.114. The molecule has 0 atom stereocenters. The van der Waals surface area contributed by atoms with Crippen LogP contribution in [-0.2, 0) is 10.0 Å². The van der Waals surface area contributed by atoms with Crippen molar-refractivity contribution in [3.8, 4) is 0 Å². The van der Waals surface area contributed by atoms with E-state index in [1.54, 1.807) is 30.3 Å². The zero-order chi connectivity index (χ0) is 19.2. The monoisotopic (exact) mass is 449 g/mol. The predicted octanol–water partition coefficient (Wildman–Crippen LogP) is 3.09. The summed E-state index contributed by atoms with van der Waals surface area (Å²) in [6.45, 7) is 2.64. The molecule has 1 amide bonds. The van der Waals surface area contributed by atoms with E-state index in [-0.39, 0.29) is 10.8 Å². The number of hydrogen-bond acceptors (Lipinski definition) is 4. The maximum atomic E-state index is 12.9. The Morgan fingerprint density at radius 2 is 1.70 bits per heavy atom. The van der Waals surface area contributed by atoms with Crippen molar-refractivity contribution in [3.63, 3.8) is 0 Å². The zero-order valence-corrected chi connectivity index (χ0v) is 17.2. The average molecular weight is 450 g/mol. The number of aryl methyl sites for hydroxylation is 1. The quantitative estimate of drug-likeness (QED) is 0.737. The van der Waals surface area contributed by atoms with Crippen molar-refractivity contribution in [3.05, 3.63) is 58.1 Å². The second kappa shape index (κ2) is 6.61. The highest BCUT2D eigenvalue weighted by Gasteiger charge is 2.42. The molecule has 8 heteroatoms. The third-order valence-corrected chi connectivity index (χ3v) is 7.70. The molecule has 2 aliphatic rings. The summed E-state index contributed by atoms with van der Waals surface area (Å²) in [6, 6.07) is 12.3. The van der Waals surface area contributed by atoms with Crippen LogP contribution in [0.15, 0.2) is 51.8 Å². The van der Waals surface area contributed by atoms with E-state index in [4.69, 9.17) is 0 Å². The van der Waals surface area contributed by atoms with Gasteiger partial charge < -0.3 is 10.6 Å². The standard InChI is InChI=1S/C19H20BrN3O3S/c1-13-3-2-4-16-17(13)21-19(22-18(16)24)9-11-23(12-10-19)27(25,26)15-7-5-14(20)6-8-15/h2-8,21H,9-12H2,1H3,(H,22,24). The van der Waals surface area contributed by atoms with Crippen LogP contribution >= 0.6 is 15.9 Å². The molecular weight excluding hydrogens is 430 g/mol. The summed E-state index contributed by atoms with van der Waals surface area (Å²) in [6.07, 6.45) is 1.00. The number of halogens is 1. The number of piperidine rings is 1. The number of hydrogen-bond donors (Lipinski definition) is 2. The molecule has 2 heterocycles. The number of anilines is 1. The van der Waals surface area contributed by atoms with Crippen molar-refractivity contribution in [1.82, 2.24) is 9.62 Å². The molecule has 0 unspecified atom stereocenters. The highest BCUT2D eigenvalue weighted by molar-refractivity contribution is 9.10. The maximum absolute atomic E-state index is 12.9. The van der Waals surface area contributed by atoms with E-state index >= 15 is 0 Å². The molecule has 0 bridgehead atoms. The van der Waals surface area contributed by atoms with E-state index in [1.807, 2.05) is 19.1 Å². The third-order valence-electron chi connectivity index (χ3n) is 5.26. The van der Waals surface area contributed by atoms with Crippen LogP contribution in [0, 0.1) is 6.92 Å². The highest BCUT2D eigenvalue weighted by atomic mass is 79.9. The fraction of sp³-hybridized carbons (Fsp3) is 0.316. The van der Waals surface area contributed by atoms with Gasteiger partial charge in [0.1, 0.15) is 5.66 Å². The minimum atomic E-state index is -3.54. The first-order chi connectivity index (χ1) is 12.8. The van der Waals surface area contributed by atoms with Gasteiger partial charge in [-0.3, -0.25) is 4.79 Å². The first-order valence-corrected chi connectivity index (χ1v) is 11.0. The normalized spacial score (nSPS) is 19.3. The summed E-state index contributed by atoms with van der Waals surface area (Å²) in [5.41, 5.74) is 1.87. The summed E-state index contributed by atoms with van der Waals surface area (Å²) < 4.78 is 28.1. The van der Waals surface area contributed by atoms with Crippen molar-refractivity contribution < 1.29 is 13.2 Å². The molecule has 4 rings (SSSR count). The van der Waals surface area contributed by atoms with E-state index in [0.29, 0.717) is 31.5 Å². The molecule has 1 fully saturated rings. The second-order valence-electron chi connectivity index (χ2n) is 7.02. The number of rotatable bonds is 2. The average Bonchev–Trinajstić information content (AvgIpc) is 2.64. The highest BCUT2D eigenvalue weighted by Crippen LogP contribution is 2.34. The number of sulfonamides is 1. The lowest BCUT2D eigenvalue weighted by Crippen LogP contribution is -2.62. The Labute approximate surface area is 167 Å². The molecule has 6 nitrogen and oxygen atoms in total. The lowest BCUT2D eigenvalue weighted by Gasteiger charge is -2.45. The molecule has 2 aromatic rings. The molecule has 0 aliphatic carbocycles. The number of carbonyl (C=O) groups is 1. The number of nitrogens with zero attached hydrogens (tertiary/aromatic N) is 1. The van der Waals surface area contributed by atoms with Gasteiger partial charge in [-0.1, -0.05) is 28.1 Å². The summed E-state index contributed by atoms with van der Waals surface area (Å²) in [7, 11) is -3.54. The molecule has 1 spiro atoms. The summed E-state index contributed by atoms with van der Waals surface area (Å²) in [4.78, 5) is 12.8. The Morgan fingerprint density at radius 1 is 1.04 bits per heavy atom. The number of amides is 1. The number of fused-ring (bicyclic) bond motifs is 1. The smallest absolute Gasteiger partial charge is 0.255 e. The fourth-order valence-corrected chi connectivity index (χ4v) is 5.40. The predicted molar refractivity (Wildman–Crippen MR) is 107 cm³/mol. The van der Waals surface area contributed by atoms with Gasteiger partial charge in [0, 0.05) is 30.4 Å². The van der Waals surface area contributed by atoms with Gasteiger partial charge in [0.15, 0.2) is 0 Å². The molecular formula is C19H20BrN3O3S. The third kappa shape index (κ3) is 3.26. The van der Waals surface area contributed by atoms with Crippen molar-refractivity contribution in [2.75, 3.05) is 18.4 Å². The van der Waals surface area contributed by atoms with Crippen LogP contribution in [0.3, 0.4) is 0 Å². The van der Waals surface area contributed by atoms with Crippen LogP contribution in [0.4, 0.5) is 5.69 Å². The number of carbonyl (C=O) groups excluding carboxylic acids is 1. The molecule has 0 radical (unpaired) electrons. The molecule has 1 saturated heterocycles. The number of nitrogens with one attached hydrogen (secondary N) is 2. The Hall–Kier alpha value is -1.90. The van der Waals surface area contributed by atoms with Gasteiger partial charge >= 0.3 is 0 Å². The lowest BCUT2D eigenvalue weighted by molar-refractivity contribution is 0.0865. The van der Waals surface area contributed by atoms with Crippen LogP contribution in [0.1, 0.15) is 28.8 Å². The van der Waals surface area contributed by atoms with Gasteiger partial charge in [-0.25, -0.2) is 8.42 Å². The topological polar surface area (TPSA) is 78.5 Å². The molecule has 142 valence electrons. The first kappa shape index (κ1) is 18.5. The second-order valence-corrected chi connectivity index (χ2v) is 9.87. The van der Waals surface area contributed by atoms with Crippen LogP contribution in [0.2, 0.25) is 0 Å². The van der Waals surface area contributed by atoms with Crippen molar-refractivity contribution in [2.45, 2.75) is 30.3 Å². The van der Waals surface area contributed by atoms with Gasteiger partial charge in [-0.2, -0.15) is 4.31 Å². The van der Waals surface area contributed by atoms with Gasteiger partial charge in [-0.05, 0) is 42.8 Å². The van der Waals surface area contributed by atoms with Crippen molar-refractivity contribution in [2.24, 2.45) is 0 Å². The van der Waals surface area contributed by atoms with E-state index in [0.717, 1.165) is 15.7 Å². The maximum Gasteiger partial charge on any atom is 0.255 e. The molecule has 2 aliphatic heterocycles. The van der Waals surface area contributed by atoms with Gasteiger partial charge in [0.2, 0.25) is 10.0 Å².